The molecule has 2 aromatic rings. The van der Waals surface area contributed by atoms with Gasteiger partial charge in [-0.2, -0.15) is 0 Å². The number of imidazole rings is 1. The largest absolute Gasteiger partial charge is 0.352 e. The monoisotopic (exact) mass is 286 g/mol. The Labute approximate surface area is 125 Å². The molecule has 0 radical (unpaired) electrons. The van der Waals surface area contributed by atoms with E-state index in [1.165, 1.54) is 0 Å². The van der Waals surface area contributed by atoms with Crippen molar-refractivity contribution in [2.45, 2.75) is 32.9 Å². The Morgan fingerprint density at radius 1 is 1.24 bits per heavy atom. The van der Waals surface area contributed by atoms with Crippen molar-refractivity contribution in [2.24, 2.45) is 0 Å². The van der Waals surface area contributed by atoms with Crippen molar-refractivity contribution in [3.63, 3.8) is 0 Å². The fourth-order valence-corrected chi connectivity index (χ4v) is 1.97. The third-order valence-corrected chi connectivity index (χ3v) is 3.21. The predicted octanol–water partition coefficient (Wildman–Crippen LogP) is 2.23. The van der Waals surface area contributed by atoms with E-state index in [1.54, 1.807) is 6.20 Å². The number of amides is 1. The second-order valence-corrected chi connectivity index (χ2v) is 4.95. The van der Waals surface area contributed by atoms with Crippen LogP contribution in [0.3, 0.4) is 0 Å². The van der Waals surface area contributed by atoms with Gasteiger partial charge < -0.3 is 15.6 Å². The molecule has 1 aromatic heterocycles. The summed E-state index contributed by atoms with van der Waals surface area (Å²) in [5.41, 5.74) is 1.85. The molecule has 0 spiro atoms. The summed E-state index contributed by atoms with van der Waals surface area (Å²) < 4.78 is 0. The number of nitrogens with one attached hydrogen (secondary N) is 3. The first kappa shape index (κ1) is 15.3. The molecule has 0 atom stereocenters. The standard InChI is InChI=1S/C16H22N4O/c1-2-3-8-20-16(21)14-6-4-13(5-7-14)11-17-12-15-18-9-10-19-15/h4-7,9-10,17H,2-3,8,11-12H2,1H3,(H,18,19)(H,20,21). The van der Waals surface area contributed by atoms with Gasteiger partial charge in [-0.1, -0.05) is 25.5 Å². The summed E-state index contributed by atoms with van der Waals surface area (Å²) in [4.78, 5) is 19.1. The van der Waals surface area contributed by atoms with Crippen molar-refractivity contribution < 1.29 is 4.79 Å². The van der Waals surface area contributed by atoms with Crippen LogP contribution in [-0.4, -0.2) is 22.4 Å². The summed E-state index contributed by atoms with van der Waals surface area (Å²) in [6, 6.07) is 7.68. The van der Waals surface area contributed by atoms with Crippen molar-refractivity contribution in [3.8, 4) is 0 Å². The van der Waals surface area contributed by atoms with Crippen LogP contribution in [-0.2, 0) is 13.1 Å². The van der Waals surface area contributed by atoms with Crippen molar-refractivity contribution in [1.29, 1.82) is 0 Å². The number of benzene rings is 1. The maximum absolute atomic E-state index is 11.9. The Kier molecular flexibility index (Phi) is 5.97. The highest BCUT2D eigenvalue weighted by Gasteiger charge is 2.04. The van der Waals surface area contributed by atoms with Crippen LogP contribution in [0.1, 0.15) is 41.5 Å². The van der Waals surface area contributed by atoms with Gasteiger partial charge in [0.15, 0.2) is 0 Å². The van der Waals surface area contributed by atoms with E-state index in [2.05, 4.69) is 27.5 Å². The highest BCUT2D eigenvalue weighted by Crippen LogP contribution is 2.05. The average Bonchev–Trinajstić information content (AvgIpc) is 3.01. The van der Waals surface area contributed by atoms with Gasteiger partial charge in [0.1, 0.15) is 5.82 Å². The second kappa shape index (κ2) is 8.21. The zero-order chi connectivity index (χ0) is 14.9. The fourth-order valence-electron chi connectivity index (χ4n) is 1.97. The lowest BCUT2D eigenvalue weighted by Crippen LogP contribution is -2.24. The van der Waals surface area contributed by atoms with Crippen LogP contribution in [0.2, 0.25) is 0 Å². The maximum Gasteiger partial charge on any atom is 0.251 e. The highest BCUT2D eigenvalue weighted by atomic mass is 16.1. The Balaban J connectivity index is 1.77. The molecule has 0 aliphatic rings. The number of hydrogen-bond acceptors (Lipinski definition) is 3. The Bertz CT molecular complexity index is 534. The summed E-state index contributed by atoms with van der Waals surface area (Å²) in [6.45, 7) is 4.29. The molecule has 0 aliphatic heterocycles. The first-order valence-corrected chi connectivity index (χ1v) is 7.35. The van der Waals surface area contributed by atoms with Crippen molar-refractivity contribution >= 4 is 5.91 Å². The molecule has 1 amide bonds. The molecule has 5 nitrogen and oxygen atoms in total. The lowest BCUT2D eigenvalue weighted by Gasteiger charge is -2.06. The molecule has 1 aromatic carbocycles. The van der Waals surface area contributed by atoms with Crippen LogP contribution in [0, 0.1) is 0 Å². The van der Waals surface area contributed by atoms with Crippen LogP contribution in [0.15, 0.2) is 36.7 Å². The van der Waals surface area contributed by atoms with E-state index in [0.29, 0.717) is 12.1 Å². The first-order chi connectivity index (χ1) is 10.3. The molecule has 0 unspecified atom stereocenters. The number of aromatic nitrogens is 2. The number of unbranched alkanes of at least 4 members (excludes halogenated alkanes) is 1. The normalized spacial score (nSPS) is 10.5. The molecule has 112 valence electrons. The molecule has 0 aliphatic carbocycles. The second-order valence-electron chi connectivity index (χ2n) is 4.95. The molecule has 5 heteroatoms. The van der Waals surface area contributed by atoms with E-state index in [9.17, 15) is 4.79 Å². The summed E-state index contributed by atoms with van der Waals surface area (Å²) >= 11 is 0. The minimum atomic E-state index is -0.00135. The molecule has 1 heterocycles. The molecule has 21 heavy (non-hydrogen) atoms. The van der Waals surface area contributed by atoms with E-state index in [0.717, 1.165) is 37.3 Å². The molecule has 2 rings (SSSR count). The zero-order valence-corrected chi connectivity index (χ0v) is 12.4. The smallest absolute Gasteiger partial charge is 0.251 e. The summed E-state index contributed by atoms with van der Waals surface area (Å²) in [6.07, 6.45) is 5.65. The third kappa shape index (κ3) is 5.04. The highest BCUT2D eigenvalue weighted by molar-refractivity contribution is 5.94. The fraction of sp³-hybridized carbons (Fsp3) is 0.375. The van der Waals surface area contributed by atoms with Gasteiger partial charge in [-0.3, -0.25) is 4.79 Å². The molecule has 3 N–H and O–H groups in total. The number of carbonyl (C=O) groups is 1. The SMILES string of the molecule is CCCCNC(=O)c1ccc(CNCc2ncc[nH]2)cc1. The number of aromatic amines is 1. The average molecular weight is 286 g/mol. The molecular formula is C16H22N4O. The third-order valence-electron chi connectivity index (χ3n) is 3.21. The van der Waals surface area contributed by atoms with E-state index >= 15 is 0 Å². The molecular weight excluding hydrogens is 264 g/mol. The summed E-state index contributed by atoms with van der Waals surface area (Å²) in [5, 5.41) is 6.21. The Morgan fingerprint density at radius 3 is 2.71 bits per heavy atom. The van der Waals surface area contributed by atoms with Gasteiger partial charge in [0, 0.05) is 31.0 Å². The summed E-state index contributed by atoms with van der Waals surface area (Å²) in [7, 11) is 0. The zero-order valence-electron chi connectivity index (χ0n) is 12.4. The number of nitrogens with zero attached hydrogens (tertiary/aromatic N) is 1. The van der Waals surface area contributed by atoms with Gasteiger partial charge in [0.25, 0.3) is 5.91 Å². The first-order valence-electron chi connectivity index (χ1n) is 7.35. The maximum atomic E-state index is 11.9. The molecule has 0 saturated carbocycles. The van der Waals surface area contributed by atoms with Crippen molar-refractivity contribution in [3.05, 3.63) is 53.6 Å². The van der Waals surface area contributed by atoms with Crippen molar-refractivity contribution in [2.75, 3.05) is 6.54 Å². The number of hydrogen-bond donors (Lipinski definition) is 3. The Morgan fingerprint density at radius 2 is 2.05 bits per heavy atom. The minimum absolute atomic E-state index is 0.00135. The van der Waals surface area contributed by atoms with E-state index in [1.807, 2.05) is 30.5 Å². The van der Waals surface area contributed by atoms with Crippen LogP contribution in [0.5, 0.6) is 0 Å². The van der Waals surface area contributed by atoms with Gasteiger partial charge in [0.05, 0.1) is 6.54 Å². The van der Waals surface area contributed by atoms with Gasteiger partial charge in [-0.15, -0.1) is 0 Å². The van der Waals surface area contributed by atoms with Crippen LogP contribution in [0.4, 0.5) is 0 Å². The Hall–Kier alpha value is -2.14. The van der Waals surface area contributed by atoms with Gasteiger partial charge >= 0.3 is 0 Å². The van der Waals surface area contributed by atoms with Crippen LogP contribution >= 0.6 is 0 Å². The van der Waals surface area contributed by atoms with Gasteiger partial charge in [-0.05, 0) is 24.1 Å². The van der Waals surface area contributed by atoms with E-state index < -0.39 is 0 Å². The molecule has 0 bridgehead atoms. The van der Waals surface area contributed by atoms with Crippen molar-refractivity contribution in [1.82, 2.24) is 20.6 Å². The molecule has 0 fully saturated rings. The molecule has 0 saturated heterocycles. The predicted molar refractivity (Wildman–Crippen MR) is 82.8 cm³/mol. The van der Waals surface area contributed by atoms with E-state index in [4.69, 9.17) is 0 Å². The lowest BCUT2D eigenvalue weighted by molar-refractivity contribution is 0.0953. The van der Waals surface area contributed by atoms with Gasteiger partial charge in [-0.25, -0.2) is 4.98 Å². The number of carbonyl (C=O) groups excluding carboxylic acids is 1. The lowest BCUT2D eigenvalue weighted by atomic mass is 10.1. The van der Waals surface area contributed by atoms with Crippen LogP contribution in [0.25, 0.3) is 0 Å². The van der Waals surface area contributed by atoms with Crippen LogP contribution < -0.4 is 10.6 Å². The quantitative estimate of drug-likeness (QED) is 0.652. The van der Waals surface area contributed by atoms with Gasteiger partial charge in [0.2, 0.25) is 0 Å². The summed E-state index contributed by atoms with van der Waals surface area (Å²) in [5.74, 6) is 0.917. The number of H-pyrrole nitrogens is 1. The van der Waals surface area contributed by atoms with E-state index in [-0.39, 0.29) is 5.91 Å². The number of rotatable bonds is 8. The topological polar surface area (TPSA) is 69.8 Å². The minimum Gasteiger partial charge on any atom is -0.352 e.